The lowest BCUT2D eigenvalue weighted by molar-refractivity contribution is -0.120. The summed E-state index contributed by atoms with van der Waals surface area (Å²) in [6.07, 6.45) is 2.36. The van der Waals surface area contributed by atoms with Gasteiger partial charge in [-0.2, -0.15) is 0 Å². The minimum Gasteiger partial charge on any atom is -0.384 e. The summed E-state index contributed by atoms with van der Waals surface area (Å²) < 4.78 is 5.14. The Kier molecular flexibility index (Phi) is 6.01. The van der Waals surface area contributed by atoms with Crippen molar-refractivity contribution in [1.82, 2.24) is 0 Å². The molecule has 0 spiro atoms. The summed E-state index contributed by atoms with van der Waals surface area (Å²) in [6, 6.07) is 0. The van der Waals surface area contributed by atoms with Gasteiger partial charge in [0.25, 0.3) is 0 Å². The van der Waals surface area contributed by atoms with Crippen molar-refractivity contribution in [3.63, 3.8) is 0 Å². The van der Waals surface area contributed by atoms with E-state index in [0.717, 1.165) is 6.42 Å². The molecule has 2 heteroatoms. The third-order valence-electron chi connectivity index (χ3n) is 2.21. The number of ketones is 1. The zero-order valence-electron chi connectivity index (χ0n) is 10.2. The van der Waals surface area contributed by atoms with Crippen molar-refractivity contribution in [2.75, 3.05) is 13.7 Å². The molecule has 1 atom stereocenters. The fourth-order valence-electron chi connectivity index (χ4n) is 1.76. The minimum atomic E-state index is 0.275. The SMILES string of the molecule is CCC(=O)CC(COC)CC(C)(C)C. The van der Waals surface area contributed by atoms with Gasteiger partial charge in [0.15, 0.2) is 0 Å². The molecule has 0 aliphatic rings. The van der Waals surface area contributed by atoms with Crippen LogP contribution in [0.25, 0.3) is 0 Å². The molecule has 0 aliphatic heterocycles. The monoisotopic (exact) mass is 200 g/mol. The molecule has 0 radical (unpaired) electrons. The van der Waals surface area contributed by atoms with Crippen LogP contribution in [0.3, 0.4) is 0 Å². The maximum absolute atomic E-state index is 11.3. The summed E-state index contributed by atoms with van der Waals surface area (Å²) in [5.74, 6) is 0.726. The molecule has 0 amide bonds. The average Bonchev–Trinajstić information content (AvgIpc) is 2.01. The van der Waals surface area contributed by atoms with Gasteiger partial charge in [-0.3, -0.25) is 4.79 Å². The molecule has 0 fully saturated rings. The number of rotatable bonds is 6. The Morgan fingerprint density at radius 1 is 1.36 bits per heavy atom. The van der Waals surface area contributed by atoms with Crippen LogP contribution >= 0.6 is 0 Å². The van der Waals surface area contributed by atoms with E-state index in [0.29, 0.717) is 31.1 Å². The molecule has 0 bridgehead atoms. The molecular formula is C12H24O2. The Labute approximate surface area is 88.0 Å². The zero-order valence-corrected chi connectivity index (χ0v) is 10.2. The summed E-state index contributed by atoms with van der Waals surface area (Å²) in [6.45, 7) is 9.22. The number of hydrogen-bond donors (Lipinski definition) is 0. The molecule has 0 saturated carbocycles. The van der Waals surface area contributed by atoms with Crippen LogP contribution in [0, 0.1) is 11.3 Å². The van der Waals surface area contributed by atoms with Crippen LogP contribution in [0.2, 0.25) is 0 Å². The van der Waals surface area contributed by atoms with Crippen LogP contribution in [0.5, 0.6) is 0 Å². The van der Waals surface area contributed by atoms with Gasteiger partial charge in [0.1, 0.15) is 5.78 Å². The van der Waals surface area contributed by atoms with Crippen molar-refractivity contribution in [2.24, 2.45) is 11.3 Å². The summed E-state index contributed by atoms with van der Waals surface area (Å²) >= 11 is 0. The van der Waals surface area contributed by atoms with Crippen molar-refractivity contribution in [1.29, 1.82) is 0 Å². The predicted octanol–water partition coefficient (Wildman–Crippen LogP) is 3.05. The highest BCUT2D eigenvalue weighted by molar-refractivity contribution is 5.78. The van der Waals surface area contributed by atoms with Gasteiger partial charge in [0.2, 0.25) is 0 Å². The molecule has 0 aliphatic carbocycles. The Morgan fingerprint density at radius 3 is 2.29 bits per heavy atom. The topological polar surface area (TPSA) is 26.3 Å². The quantitative estimate of drug-likeness (QED) is 0.658. The van der Waals surface area contributed by atoms with E-state index in [4.69, 9.17) is 4.74 Å². The smallest absolute Gasteiger partial charge is 0.133 e. The van der Waals surface area contributed by atoms with E-state index < -0.39 is 0 Å². The largest absolute Gasteiger partial charge is 0.384 e. The average molecular weight is 200 g/mol. The minimum absolute atomic E-state index is 0.275. The number of carbonyl (C=O) groups excluding carboxylic acids is 1. The van der Waals surface area contributed by atoms with Crippen LogP contribution in [0.4, 0.5) is 0 Å². The normalized spacial score (nSPS) is 14.1. The van der Waals surface area contributed by atoms with Gasteiger partial charge in [-0.15, -0.1) is 0 Å². The summed E-state index contributed by atoms with van der Waals surface area (Å²) in [5.41, 5.74) is 0.275. The first-order chi connectivity index (χ1) is 6.39. The highest BCUT2D eigenvalue weighted by atomic mass is 16.5. The van der Waals surface area contributed by atoms with Crippen molar-refractivity contribution in [3.05, 3.63) is 0 Å². The second-order valence-electron chi connectivity index (χ2n) is 5.18. The van der Waals surface area contributed by atoms with E-state index in [1.165, 1.54) is 0 Å². The molecule has 0 saturated heterocycles. The number of carbonyl (C=O) groups is 1. The molecule has 1 unspecified atom stereocenters. The lowest BCUT2D eigenvalue weighted by Gasteiger charge is -2.25. The third-order valence-corrected chi connectivity index (χ3v) is 2.21. The van der Waals surface area contributed by atoms with Crippen molar-refractivity contribution < 1.29 is 9.53 Å². The van der Waals surface area contributed by atoms with Crippen LogP contribution in [0.15, 0.2) is 0 Å². The zero-order chi connectivity index (χ0) is 11.2. The van der Waals surface area contributed by atoms with Crippen LogP contribution in [-0.4, -0.2) is 19.5 Å². The molecule has 0 heterocycles. The maximum atomic E-state index is 11.3. The first-order valence-corrected chi connectivity index (χ1v) is 5.39. The summed E-state index contributed by atoms with van der Waals surface area (Å²) in [4.78, 5) is 11.3. The van der Waals surface area contributed by atoms with Gasteiger partial charge in [-0.1, -0.05) is 27.7 Å². The van der Waals surface area contributed by atoms with Crippen LogP contribution in [0.1, 0.15) is 47.0 Å². The molecule has 0 aromatic carbocycles. The fraction of sp³-hybridized carbons (Fsp3) is 0.917. The molecule has 0 aromatic rings. The number of ether oxygens (including phenoxy) is 1. The number of methoxy groups -OCH3 is 1. The Bertz CT molecular complexity index is 168. The highest BCUT2D eigenvalue weighted by Gasteiger charge is 2.20. The van der Waals surface area contributed by atoms with E-state index >= 15 is 0 Å². The Hall–Kier alpha value is -0.370. The molecule has 0 aromatic heterocycles. The van der Waals surface area contributed by atoms with E-state index in [9.17, 15) is 4.79 Å². The van der Waals surface area contributed by atoms with Crippen molar-refractivity contribution in [3.8, 4) is 0 Å². The van der Waals surface area contributed by atoms with Gasteiger partial charge < -0.3 is 4.74 Å². The lowest BCUT2D eigenvalue weighted by atomic mass is 9.82. The summed E-state index contributed by atoms with van der Waals surface area (Å²) in [7, 11) is 1.70. The molecule has 84 valence electrons. The van der Waals surface area contributed by atoms with Gasteiger partial charge in [0.05, 0.1) is 0 Å². The molecule has 0 N–H and O–H groups in total. The van der Waals surface area contributed by atoms with Crippen molar-refractivity contribution >= 4 is 5.78 Å². The van der Waals surface area contributed by atoms with E-state index in [1.54, 1.807) is 7.11 Å². The van der Waals surface area contributed by atoms with Crippen LogP contribution < -0.4 is 0 Å². The van der Waals surface area contributed by atoms with Gasteiger partial charge in [-0.05, 0) is 17.8 Å². The first kappa shape index (κ1) is 13.6. The second kappa shape index (κ2) is 6.18. The lowest BCUT2D eigenvalue weighted by Crippen LogP contribution is -2.20. The summed E-state index contributed by atoms with van der Waals surface area (Å²) in [5, 5.41) is 0. The number of Topliss-reactive ketones (excluding diaryl/α,β-unsaturated/α-hetero) is 1. The standard InChI is InChI=1S/C12H24O2/c1-6-11(13)7-10(9-14-5)8-12(2,3)4/h10H,6-9H2,1-5H3. The fourth-order valence-corrected chi connectivity index (χ4v) is 1.76. The van der Waals surface area contributed by atoms with E-state index in [1.807, 2.05) is 6.92 Å². The van der Waals surface area contributed by atoms with Crippen LogP contribution in [-0.2, 0) is 9.53 Å². The van der Waals surface area contributed by atoms with Gasteiger partial charge >= 0.3 is 0 Å². The second-order valence-corrected chi connectivity index (χ2v) is 5.18. The van der Waals surface area contributed by atoms with Crippen molar-refractivity contribution in [2.45, 2.75) is 47.0 Å². The molecule has 14 heavy (non-hydrogen) atoms. The molecule has 2 nitrogen and oxygen atoms in total. The van der Waals surface area contributed by atoms with Gasteiger partial charge in [0, 0.05) is 26.6 Å². The first-order valence-electron chi connectivity index (χ1n) is 5.39. The Balaban J connectivity index is 4.08. The van der Waals surface area contributed by atoms with Gasteiger partial charge in [-0.25, -0.2) is 0 Å². The van der Waals surface area contributed by atoms with E-state index in [-0.39, 0.29) is 5.41 Å². The predicted molar refractivity (Wildman–Crippen MR) is 59.4 cm³/mol. The highest BCUT2D eigenvalue weighted by Crippen LogP contribution is 2.26. The Morgan fingerprint density at radius 2 is 1.93 bits per heavy atom. The maximum Gasteiger partial charge on any atom is 0.133 e. The molecular weight excluding hydrogens is 176 g/mol. The third kappa shape index (κ3) is 7.07. The van der Waals surface area contributed by atoms with E-state index in [2.05, 4.69) is 20.8 Å². The number of hydrogen-bond acceptors (Lipinski definition) is 2. The molecule has 0 rings (SSSR count).